The van der Waals surface area contributed by atoms with E-state index >= 15 is 0 Å². The lowest BCUT2D eigenvalue weighted by Crippen LogP contribution is -2.24. The van der Waals surface area contributed by atoms with Gasteiger partial charge in [-0.2, -0.15) is 0 Å². The second-order valence-electron chi connectivity index (χ2n) is 3.65. The van der Waals surface area contributed by atoms with Crippen LogP contribution >= 0.6 is 0 Å². The molecule has 0 aromatic heterocycles. The Balaban J connectivity index is 2.57. The fourth-order valence-electron chi connectivity index (χ4n) is 1.48. The number of phenols is 1. The van der Waals surface area contributed by atoms with Gasteiger partial charge in [0.05, 0.1) is 0 Å². The van der Waals surface area contributed by atoms with Crippen molar-refractivity contribution in [3.63, 3.8) is 0 Å². The number of carbonyl (C=O) groups is 1. The second-order valence-corrected chi connectivity index (χ2v) is 5.91. The van der Waals surface area contributed by atoms with Crippen LogP contribution < -0.4 is 0 Å². The zero-order chi connectivity index (χ0) is 11.1. The summed E-state index contributed by atoms with van der Waals surface area (Å²) in [7, 11) is -3.73. The highest BCUT2D eigenvalue weighted by atomic mass is 32.2. The first-order chi connectivity index (χ1) is 7.03. The minimum atomic E-state index is -3.73. The van der Waals surface area contributed by atoms with E-state index in [1.807, 2.05) is 0 Å². The maximum atomic E-state index is 12.0. The average Bonchev–Trinajstić information content (AvgIpc) is 2.98. The fraction of sp³-hybridized carbons (Fsp3) is 0.300. The van der Waals surface area contributed by atoms with Gasteiger partial charge in [-0.15, -0.1) is 0 Å². The van der Waals surface area contributed by atoms with Crippen LogP contribution in [0.3, 0.4) is 0 Å². The van der Waals surface area contributed by atoms with Crippen molar-refractivity contribution in [1.82, 2.24) is 0 Å². The van der Waals surface area contributed by atoms with Gasteiger partial charge in [0, 0.05) is 0 Å². The summed E-state index contributed by atoms with van der Waals surface area (Å²) in [6, 6.07) is 5.67. The summed E-state index contributed by atoms with van der Waals surface area (Å²) in [6.07, 6.45) is 1.15. The highest BCUT2D eigenvalue weighted by Gasteiger charge is 2.55. The Kier molecular flexibility index (Phi) is 2.08. The zero-order valence-electron chi connectivity index (χ0n) is 7.88. The van der Waals surface area contributed by atoms with Crippen molar-refractivity contribution in [3.8, 4) is 5.75 Å². The minimum absolute atomic E-state index is 0.158. The van der Waals surface area contributed by atoms with Crippen LogP contribution in [-0.2, 0) is 14.6 Å². The van der Waals surface area contributed by atoms with E-state index in [0.717, 1.165) is 0 Å². The zero-order valence-corrected chi connectivity index (χ0v) is 8.70. The highest BCUT2D eigenvalue weighted by Crippen LogP contribution is 2.46. The Morgan fingerprint density at radius 1 is 1.27 bits per heavy atom. The molecule has 1 aromatic carbocycles. The SMILES string of the molecule is O=CC1(S(=O)(=O)c2ccccc2O)CC1. The third-order valence-corrected chi connectivity index (χ3v) is 5.15. The molecular formula is C10H10O4S. The summed E-state index contributed by atoms with van der Waals surface area (Å²) in [5.74, 6) is -0.300. The Morgan fingerprint density at radius 3 is 2.33 bits per heavy atom. The van der Waals surface area contributed by atoms with Crippen LogP contribution in [0.5, 0.6) is 5.75 Å². The van der Waals surface area contributed by atoms with Crippen LogP contribution in [0, 0.1) is 0 Å². The van der Waals surface area contributed by atoms with Crippen LogP contribution in [0.4, 0.5) is 0 Å². The Hall–Kier alpha value is -1.36. The van der Waals surface area contributed by atoms with Crippen LogP contribution in [0.1, 0.15) is 12.8 Å². The Bertz CT molecular complexity index is 500. The molecule has 0 saturated heterocycles. The van der Waals surface area contributed by atoms with E-state index in [2.05, 4.69) is 0 Å². The van der Waals surface area contributed by atoms with Crippen LogP contribution in [-0.4, -0.2) is 24.6 Å². The van der Waals surface area contributed by atoms with Crippen LogP contribution in [0.2, 0.25) is 0 Å². The van der Waals surface area contributed by atoms with E-state index in [0.29, 0.717) is 19.1 Å². The number of aldehydes is 1. The van der Waals surface area contributed by atoms with Gasteiger partial charge in [0.2, 0.25) is 0 Å². The van der Waals surface area contributed by atoms with Gasteiger partial charge in [-0.25, -0.2) is 8.42 Å². The molecule has 0 radical (unpaired) electrons. The summed E-state index contributed by atoms with van der Waals surface area (Å²) in [6.45, 7) is 0. The number of hydrogen-bond donors (Lipinski definition) is 1. The molecule has 0 unspecified atom stereocenters. The second kappa shape index (κ2) is 3.06. The predicted octanol–water partition coefficient (Wildman–Crippen LogP) is 0.897. The van der Waals surface area contributed by atoms with Gasteiger partial charge in [-0.1, -0.05) is 12.1 Å². The van der Waals surface area contributed by atoms with Crippen molar-refractivity contribution in [2.75, 3.05) is 0 Å². The quantitative estimate of drug-likeness (QED) is 0.777. The van der Waals surface area contributed by atoms with E-state index in [4.69, 9.17) is 0 Å². The van der Waals surface area contributed by atoms with E-state index in [9.17, 15) is 18.3 Å². The normalized spacial score (nSPS) is 18.4. The van der Waals surface area contributed by atoms with Gasteiger partial charge in [0.1, 0.15) is 21.7 Å². The van der Waals surface area contributed by atoms with E-state index in [1.165, 1.54) is 24.3 Å². The molecule has 2 rings (SSSR count). The standard InChI is InChI=1S/C10H10O4S/c11-7-10(5-6-10)15(13,14)9-4-2-1-3-8(9)12/h1-4,7,12H,5-6H2. The van der Waals surface area contributed by atoms with Crippen LogP contribution in [0.15, 0.2) is 29.2 Å². The highest BCUT2D eigenvalue weighted by molar-refractivity contribution is 7.94. The van der Waals surface area contributed by atoms with Crippen molar-refractivity contribution >= 4 is 16.1 Å². The number of phenolic OH excluding ortho intramolecular Hbond substituents is 1. The smallest absolute Gasteiger partial charge is 0.194 e. The summed E-state index contributed by atoms with van der Waals surface area (Å²) in [5, 5.41) is 9.44. The summed E-state index contributed by atoms with van der Waals surface area (Å²) in [4.78, 5) is 10.6. The Morgan fingerprint density at radius 2 is 1.87 bits per heavy atom. The van der Waals surface area contributed by atoms with Crippen molar-refractivity contribution < 1.29 is 18.3 Å². The van der Waals surface area contributed by atoms with Crippen molar-refractivity contribution in [1.29, 1.82) is 0 Å². The number of sulfone groups is 1. The van der Waals surface area contributed by atoms with Gasteiger partial charge < -0.3 is 9.90 Å². The maximum Gasteiger partial charge on any atom is 0.194 e. The lowest BCUT2D eigenvalue weighted by Gasteiger charge is -2.10. The number of rotatable bonds is 3. The monoisotopic (exact) mass is 226 g/mol. The molecule has 0 spiro atoms. The van der Waals surface area contributed by atoms with Gasteiger partial charge in [0.15, 0.2) is 9.84 Å². The fourth-order valence-corrected chi connectivity index (χ4v) is 3.28. The molecule has 4 nitrogen and oxygen atoms in total. The van der Waals surface area contributed by atoms with Crippen molar-refractivity contribution in [2.24, 2.45) is 0 Å². The molecule has 1 aliphatic carbocycles. The molecule has 0 bridgehead atoms. The third kappa shape index (κ3) is 1.34. The van der Waals surface area contributed by atoms with Crippen molar-refractivity contribution in [3.05, 3.63) is 24.3 Å². The summed E-state index contributed by atoms with van der Waals surface area (Å²) < 4.78 is 22.7. The summed E-state index contributed by atoms with van der Waals surface area (Å²) in [5.41, 5.74) is 0. The van der Waals surface area contributed by atoms with Gasteiger partial charge >= 0.3 is 0 Å². The molecule has 1 aromatic rings. The lowest BCUT2D eigenvalue weighted by atomic mass is 10.3. The first-order valence-electron chi connectivity index (χ1n) is 4.52. The molecule has 0 heterocycles. The average molecular weight is 226 g/mol. The van der Waals surface area contributed by atoms with Crippen LogP contribution in [0.25, 0.3) is 0 Å². The third-order valence-electron chi connectivity index (χ3n) is 2.65. The van der Waals surface area contributed by atoms with E-state index in [1.54, 1.807) is 0 Å². The number of carbonyl (C=O) groups excluding carboxylic acids is 1. The molecule has 5 heteroatoms. The minimum Gasteiger partial charge on any atom is -0.507 e. The molecule has 1 saturated carbocycles. The largest absolute Gasteiger partial charge is 0.507 e. The molecule has 1 aliphatic rings. The molecule has 0 atom stereocenters. The molecule has 0 amide bonds. The molecule has 0 aliphatic heterocycles. The first kappa shape index (κ1) is 10.2. The van der Waals surface area contributed by atoms with E-state index < -0.39 is 14.6 Å². The van der Waals surface area contributed by atoms with Gasteiger partial charge in [-0.05, 0) is 25.0 Å². The van der Waals surface area contributed by atoms with Crippen molar-refractivity contribution in [2.45, 2.75) is 22.5 Å². The molecular weight excluding hydrogens is 216 g/mol. The van der Waals surface area contributed by atoms with Gasteiger partial charge in [0.25, 0.3) is 0 Å². The van der Waals surface area contributed by atoms with E-state index in [-0.39, 0.29) is 10.6 Å². The number of hydrogen-bond acceptors (Lipinski definition) is 4. The van der Waals surface area contributed by atoms with Gasteiger partial charge in [-0.3, -0.25) is 0 Å². The molecule has 1 N–H and O–H groups in total. The Labute approximate surface area is 87.5 Å². The lowest BCUT2D eigenvalue weighted by molar-refractivity contribution is -0.108. The first-order valence-corrected chi connectivity index (χ1v) is 6.01. The predicted molar refractivity (Wildman–Crippen MR) is 53.3 cm³/mol. The number of benzene rings is 1. The molecule has 15 heavy (non-hydrogen) atoms. The maximum absolute atomic E-state index is 12.0. The molecule has 80 valence electrons. The number of para-hydroxylation sites is 1. The summed E-state index contributed by atoms with van der Waals surface area (Å²) >= 11 is 0. The molecule has 1 fully saturated rings. The topological polar surface area (TPSA) is 71.4 Å². The number of aromatic hydroxyl groups is 1.